The third-order valence-electron chi connectivity index (χ3n) is 2.62. The zero-order valence-corrected chi connectivity index (χ0v) is 8.80. The van der Waals surface area contributed by atoms with Gasteiger partial charge in [0.2, 0.25) is 0 Å². The number of hydrogen-bond acceptors (Lipinski definition) is 3. The van der Waals surface area contributed by atoms with Crippen molar-refractivity contribution >= 4 is 5.82 Å². The fourth-order valence-electron chi connectivity index (χ4n) is 1.79. The Morgan fingerprint density at radius 1 is 1.38 bits per heavy atom. The van der Waals surface area contributed by atoms with Crippen LogP contribution in [-0.4, -0.2) is 36.1 Å². The first-order chi connectivity index (χ1) is 7.56. The van der Waals surface area contributed by atoms with E-state index in [2.05, 4.69) is 15.2 Å². The van der Waals surface area contributed by atoms with Gasteiger partial charge in [-0.25, -0.2) is 8.78 Å². The molecule has 1 N–H and O–H groups in total. The zero-order chi connectivity index (χ0) is 11.7. The Balaban J connectivity index is 2.12. The molecule has 0 amide bonds. The maximum absolute atomic E-state index is 13.2. The van der Waals surface area contributed by atoms with Crippen molar-refractivity contribution in [3.63, 3.8) is 0 Å². The second-order valence-electron chi connectivity index (χ2n) is 3.98. The van der Waals surface area contributed by atoms with E-state index in [-0.39, 0.29) is 11.9 Å². The summed E-state index contributed by atoms with van der Waals surface area (Å²) in [5.74, 6) is -3.64. The van der Waals surface area contributed by atoms with Gasteiger partial charge in [-0.2, -0.15) is 9.37 Å². The number of rotatable bonds is 2. The molecule has 6 heteroatoms. The minimum Gasteiger partial charge on any atom is -0.363 e. The summed E-state index contributed by atoms with van der Waals surface area (Å²) in [5, 5.41) is 2.77. The maximum Gasteiger partial charge on any atom is 0.251 e. The average molecular weight is 231 g/mol. The Kier molecular flexibility index (Phi) is 3.00. The SMILES string of the molecule is CN1CCC(Nc2nc(F)c(F)cc2F)C1. The number of anilines is 1. The predicted molar refractivity (Wildman–Crippen MR) is 53.6 cm³/mol. The number of aromatic nitrogens is 1. The summed E-state index contributed by atoms with van der Waals surface area (Å²) in [4.78, 5) is 5.28. The minimum absolute atomic E-state index is 0.0249. The number of pyridine rings is 1. The normalized spacial score (nSPS) is 21.4. The lowest BCUT2D eigenvalue weighted by molar-refractivity contribution is 0.413. The van der Waals surface area contributed by atoms with Gasteiger partial charge in [-0.3, -0.25) is 0 Å². The second-order valence-corrected chi connectivity index (χ2v) is 3.98. The molecule has 1 aliphatic heterocycles. The predicted octanol–water partition coefficient (Wildman–Crippen LogP) is 1.61. The van der Waals surface area contributed by atoms with Gasteiger partial charge in [0.25, 0.3) is 5.95 Å². The largest absolute Gasteiger partial charge is 0.363 e. The van der Waals surface area contributed by atoms with Gasteiger partial charge in [0, 0.05) is 18.7 Å². The number of halogens is 3. The molecule has 1 aliphatic rings. The molecule has 1 fully saturated rings. The maximum atomic E-state index is 13.2. The lowest BCUT2D eigenvalue weighted by atomic mass is 10.2. The molecule has 88 valence electrons. The van der Waals surface area contributed by atoms with Crippen LogP contribution in [0.3, 0.4) is 0 Å². The van der Waals surface area contributed by atoms with Crippen LogP contribution >= 0.6 is 0 Å². The van der Waals surface area contributed by atoms with Gasteiger partial charge in [0.05, 0.1) is 0 Å². The van der Waals surface area contributed by atoms with Crippen molar-refractivity contribution in [1.29, 1.82) is 0 Å². The van der Waals surface area contributed by atoms with Crippen LogP contribution < -0.4 is 5.32 Å². The molecule has 0 aromatic carbocycles. The van der Waals surface area contributed by atoms with E-state index in [1.807, 2.05) is 7.05 Å². The number of likely N-dealkylation sites (tertiary alicyclic amines) is 1. The fourth-order valence-corrected chi connectivity index (χ4v) is 1.79. The summed E-state index contributed by atoms with van der Waals surface area (Å²) in [5.41, 5.74) is 0. The van der Waals surface area contributed by atoms with Gasteiger partial charge >= 0.3 is 0 Å². The van der Waals surface area contributed by atoms with E-state index >= 15 is 0 Å². The molecule has 3 nitrogen and oxygen atoms in total. The third-order valence-corrected chi connectivity index (χ3v) is 2.62. The smallest absolute Gasteiger partial charge is 0.251 e. The first kappa shape index (κ1) is 11.2. The van der Waals surface area contributed by atoms with Crippen LogP contribution in [0.25, 0.3) is 0 Å². The Hall–Kier alpha value is -1.30. The first-order valence-corrected chi connectivity index (χ1v) is 5.03. The molecule has 2 rings (SSSR count). The van der Waals surface area contributed by atoms with Gasteiger partial charge in [-0.15, -0.1) is 0 Å². The summed E-state index contributed by atoms with van der Waals surface area (Å²) in [7, 11) is 1.94. The Morgan fingerprint density at radius 3 is 2.75 bits per heavy atom. The molecular formula is C10H12F3N3. The van der Waals surface area contributed by atoms with Crippen molar-refractivity contribution in [2.75, 3.05) is 25.5 Å². The summed E-state index contributed by atoms with van der Waals surface area (Å²) in [6, 6.07) is 0.528. The molecule has 2 heterocycles. The van der Waals surface area contributed by atoms with Gasteiger partial charge in [-0.05, 0) is 20.0 Å². The molecule has 1 unspecified atom stereocenters. The van der Waals surface area contributed by atoms with Crippen LogP contribution in [-0.2, 0) is 0 Å². The van der Waals surface area contributed by atoms with Crippen molar-refractivity contribution in [2.45, 2.75) is 12.5 Å². The van der Waals surface area contributed by atoms with E-state index in [9.17, 15) is 13.2 Å². The average Bonchev–Trinajstić information content (AvgIpc) is 2.60. The quantitative estimate of drug-likeness (QED) is 0.784. The van der Waals surface area contributed by atoms with Crippen LogP contribution in [0.4, 0.5) is 19.0 Å². The molecule has 16 heavy (non-hydrogen) atoms. The standard InChI is InChI=1S/C10H12F3N3/c1-16-3-2-6(5-16)14-10-8(12)4-7(11)9(13)15-10/h4,6H,2-3,5H2,1H3,(H,14,15). The van der Waals surface area contributed by atoms with Crippen molar-refractivity contribution < 1.29 is 13.2 Å². The summed E-state index contributed by atoms with van der Waals surface area (Å²) < 4.78 is 38.7. The summed E-state index contributed by atoms with van der Waals surface area (Å²) in [6.07, 6.45) is 0.830. The van der Waals surface area contributed by atoms with Crippen molar-refractivity contribution in [3.05, 3.63) is 23.6 Å². The van der Waals surface area contributed by atoms with Crippen LogP contribution in [0.1, 0.15) is 6.42 Å². The molecule has 1 saturated heterocycles. The molecule has 1 aromatic rings. The van der Waals surface area contributed by atoms with Crippen LogP contribution in [0.2, 0.25) is 0 Å². The van der Waals surface area contributed by atoms with E-state index < -0.39 is 17.6 Å². The molecule has 1 aromatic heterocycles. The highest BCUT2D eigenvalue weighted by Crippen LogP contribution is 2.18. The first-order valence-electron chi connectivity index (χ1n) is 5.03. The molecule has 0 spiro atoms. The van der Waals surface area contributed by atoms with Gasteiger partial charge in [0.15, 0.2) is 17.5 Å². The Labute approximate surface area is 91.3 Å². The fraction of sp³-hybridized carbons (Fsp3) is 0.500. The Bertz CT molecular complexity index is 397. The van der Waals surface area contributed by atoms with Crippen molar-refractivity contribution in [3.8, 4) is 0 Å². The number of hydrogen-bond donors (Lipinski definition) is 1. The highest BCUT2D eigenvalue weighted by Gasteiger charge is 2.21. The van der Waals surface area contributed by atoms with Crippen LogP contribution in [0, 0.1) is 17.6 Å². The topological polar surface area (TPSA) is 28.2 Å². The summed E-state index contributed by atoms with van der Waals surface area (Å²) >= 11 is 0. The number of nitrogens with one attached hydrogen (secondary N) is 1. The van der Waals surface area contributed by atoms with E-state index in [0.717, 1.165) is 19.5 Å². The van der Waals surface area contributed by atoms with Crippen molar-refractivity contribution in [2.24, 2.45) is 0 Å². The molecule has 0 radical (unpaired) electrons. The van der Waals surface area contributed by atoms with Gasteiger partial charge in [-0.1, -0.05) is 0 Å². The zero-order valence-electron chi connectivity index (χ0n) is 8.80. The van der Waals surface area contributed by atoms with Crippen molar-refractivity contribution in [1.82, 2.24) is 9.88 Å². The van der Waals surface area contributed by atoms with Gasteiger partial charge in [0.1, 0.15) is 0 Å². The number of likely N-dealkylation sites (N-methyl/N-ethyl adjacent to an activating group) is 1. The molecule has 0 bridgehead atoms. The van der Waals surface area contributed by atoms with E-state index in [4.69, 9.17) is 0 Å². The van der Waals surface area contributed by atoms with Crippen LogP contribution in [0.15, 0.2) is 6.07 Å². The lowest BCUT2D eigenvalue weighted by Crippen LogP contribution is -2.24. The van der Waals surface area contributed by atoms with E-state index in [1.54, 1.807) is 0 Å². The second kappa shape index (κ2) is 4.29. The van der Waals surface area contributed by atoms with E-state index in [1.165, 1.54) is 0 Å². The minimum atomic E-state index is -1.28. The molecule has 0 saturated carbocycles. The highest BCUT2D eigenvalue weighted by atomic mass is 19.2. The van der Waals surface area contributed by atoms with Gasteiger partial charge < -0.3 is 10.2 Å². The molecule has 0 aliphatic carbocycles. The monoisotopic (exact) mass is 231 g/mol. The third kappa shape index (κ3) is 2.27. The lowest BCUT2D eigenvalue weighted by Gasteiger charge is -2.13. The highest BCUT2D eigenvalue weighted by molar-refractivity contribution is 5.37. The Morgan fingerprint density at radius 2 is 2.12 bits per heavy atom. The van der Waals surface area contributed by atoms with E-state index in [0.29, 0.717) is 6.07 Å². The summed E-state index contributed by atoms with van der Waals surface area (Å²) in [6.45, 7) is 1.63. The number of nitrogens with zero attached hydrogens (tertiary/aromatic N) is 2. The molecule has 1 atom stereocenters. The molecular weight excluding hydrogens is 219 g/mol. The van der Waals surface area contributed by atoms with Crippen LogP contribution in [0.5, 0.6) is 0 Å².